The summed E-state index contributed by atoms with van der Waals surface area (Å²) >= 11 is 0. The van der Waals surface area contributed by atoms with Gasteiger partial charge in [-0.25, -0.2) is 0 Å². The summed E-state index contributed by atoms with van der Waals surface area (Å²) in [5.74, 6) is 2.88. The fourth-order valence-corrected chi connectivity index (χ4v) is 10.5. The SMILES string of the molecule is C[C@H](CCC[C@H](C)C(=O)O)[C@H]1CCC2C3C(CC[C@@]21C)[C@@]1(C)CC[C@H](NCCCNCCCCN)C[C@@H]1C[C@H]3O. The van der Waals surface area contributed by atoms with Crippen molar-refractivity contribution in [2.45, 2.75) is 130 Å². The maximum atomic E-state index is 11.7. The molecule has 3 unspecified atom stereocenters. The number of rotatable bonds is 15. The van der Waals surface area contributed by atoms with Crippen molar-refractivity contribution in [3.63, 3.8) is 0 Å². The highest BCUT2D eigenvalue weighted by Gasteiger charge is 2.62. The van der Waals surface area contributed by atoms with Crippen LogP contribution in [0, 0.1) is 52.3 Å². The van der Waals surface area contributed by atoms with Gasteiger partial charge in [0, 0.05) is 6.04 Å². The first-order chi connectivity index (χ1) is 19.1. The number of carbonyl (C=O) groups is 1. The molecule has 0 aromatic carbocycles. The highest BCUT2D eigenvalue weighted by molar-refractivity contribution is 5.69. The third-order valence-electron chi connectivity index (χ3n) is 12.9. The Labute approximate surface area is 245 Å². The molecule has 4 aliphatic rings. The number of fused-ring (bicyclic) bond motifs is 5. The summed E-state index contributed by atoms with van der Waals surface area (Å²) in [6.07, 6.45) is 16.2. The molecule has 6 nitrogen and oxygen atoms in total. The molecule has 0 aromatic heterocycles. The topological polar surface area (TPSA) is 108 Å². The zero-order valence-corrected chi connectivity index (χ0v) is 26.3. The van der Waals surface area contributed by atoms with Crippen LogP contribution in [0.25, 0.3) is 0 Å². The first-order valence-corrected chi connectivity index (χ1v) is 17.2. The summed E-state index contributed by atoms with van der Waals surface area (Å²) in [4.78, 5) is 11.3. The number of nitrogens with two attached hydrogens (primary N) is 1. The van der Waals surface area contributed by atoms with Crippen molar-refractivity contribution >= 4 is 5.97 Å². The van der Waals surface area contributed by atoms with Crippen molar-refractivity contribution in [2.24, 2.45) is 58.0 Å². The van der Waals surface area contributed by atoms with Crippen LogP contribution in [0.4, 0.5) is 0 Å². The minimum atomic E-state index is -0.663. The van der Waals surface area contributed by atoms with Crippen LogP contribution >= 0.6 is 0 Å². The summed E-state index contributed by atoms with van der Waals surface area (Å²) in [7, 11) is 0. The van der Waals surface area contributed by atoms with Gasteiger partial charge in [0.2, 0.25) is 0 Å². The lowest BCUT2D eigenvalue weighted by atomic mass is 9.43. The molecule has 4 fully saturated rings. The standard InChI is InChI=1S/C34H63N3O3/c1-23(9-7-10-24(2)32(39)40)27-11-12-28-31-29(14-16-34(27,28)4)33(3)15-13-26(21-25(33)22-30(31)38)37-20-8-19-36-18-6-5-17-35/h23-31,36-38H,5-22,35H2,1-4H3,(H,39,40)/t23-,24+,25-,26+,27-,28?,29?,30-,31?,33+,34-/m1/s1. The van der Waals surface area contributed by atoms with Crippen molar-refractivity contribution in [1.82, 2.24) is 10.6 Å². The maximum absolute atomic E-state index is 11.7. The van der Waals surface area contributed by atoms with Gasteiger partial charge >= 0.3 is 5.97 Å². The van der Waals surface area contributed by atoms with Crippen LogP contribution in [0.5, 0.6) is 0 Å². The van der Waals surface area contributed by atoms with Gasteiger partial charge in [-0.3, -0.25) is 4.79 Å². The maximum Gasteiger partial charge on any atom is 0.306 e. The molecule has 0 bridgehead atoms. The fourth-order valence-electron chi connectivity index (χ4n) is 10.5. The van der Waals surface area contributed by atoms with Gasteiger partial charge in [-0.1, -0.05) is 40.5 Å². The van der Waals surface area contributed by atoms with E-state index in [2.05, 4.69) is 31.4 Å². The average molecular weight is 562 g/mol. The summed E-state index contributed by atoms with van der Waals surface area (Å²) in [5.41, 5.74) is 6.29. The van der Waals surface area contributed by atoms with Crippen molar-refractivity contribution in [3.05, 3.63) is 0 Å². The number of unbranched alkanes of at least 4 members (excludes halogenated alkanes) is 1. The number of aliphatic hydroxyl groups is 1. The van der Waals surface area contributed by atoms with Crippen LogP contribution in [0.15, 0.2) is 0 Å². The number of aliphatic carboxylic acids is 1. The van der Waals surface area contributed by atoms with E-state index < -0.39 is 5.97 Å². The second kappa shape index (κ2) is 14.2. The van der Waals surface area contributed by atoms with Crippen LogP contribution in [0.1, 0.15) is 118 Å². The van der Waals surface area contributed by atoms with Crippen LogP contribution in [0.2, 0.25) is 0 Å². The number of hydrogen-bond donors (Lipinski definition) is 5. The first kappa shape index (κ1) is 32.2. The molecule has 11 atom stereocenters. The Bertz CT molecular complexity index is 809. The predicted molar refractivity (Wildman–Crippen MR) is 164 cm³/mol. The number of hydrogen-bond acceptors (Lipinski definition) is 5. The van der Waals surface area contributed by atoms with Gasteiger partial charge in [-0.2, -0.15) is 0 Å². The van der Waals surface area contributed by atoms with E-state index >= 15 is 0 Å². The third-order valence-corrected chi connectivity index (χ3v) is 12.9. The van der Waals surface area contributed by atoms with E-state index in [4.69, 9.17) is 5.73 Å². The lowest BCUT2D eigenvalue weighted by Crippen LogP contribution is -2.59. The predicted octanol–water partition coefficient (Wildman–Crippen LogP) is 5.82. The van der Waals surface area contributed by atoms with Gasteiger partial charge in [-0.05, 0) is 150 Å². The first-order valence-electron chi connectivity index (χ1n) is 17.2. The van der Waals surface area contributed by atoms with Gasteiger partial charge < -0.3 is 26.6 Å². The largest absolute Gasteiger partial charge is 0.481 e. The molecule has 40 heavy (non-hydrogen) atoms. The zero-order chi connectivity index (χ0) is 28.9. The van der Waals surface area contributed by atoms with E-state index in [0.29, 0.717) is 52.4 Å². The molecule has 0 radical (unpaired) electrons. The van der Waals surface area contributed by atoms with Gasteiger partial charge in [0.15, 0.2) is 0 Å². The molecule has 6 heteroatoms. The van der Waals surface area contributed by atoms with Gasteiger partial charge in [-0.15, -0.1) is 0 Å². The lowest BCUT2D eigenvalue weighted by Gasteiger charge is -2.62. The Kier molecular flexibility index (Phi) is 11.4. The van der Waals surface area contributed by atoms with E-state index in [1.807, 2.05) is 6.92 Å². The molecule has 4 saturated carbocycles. The summed E-state index contributed by atoms with van der Waals surface area (Å²) < 4.78 is 0. The Hall–Kier alpha value is -0.690. The summed E-state index contributed by atoms with van der Waals surface area (Å²) in [5, 5.41) is 28.4. The number of nitrogens with one attached hydrogen (secondary N) is 2. The highest BCUT2D eigenvalue weighted by atomic mass is 16.4. The van der Waals surface area contributed by atoms with Gasteiger partial charge in [0.1, 0.15) is 0 Å². The van der Waals surface area contributed by atoms with Crippen LogP contribution in [0.3, 0.4) is 0 Å². The van der Waals surface area contributed by atoms with E-state index in [0.717, 1.165) is 58.3 Å². The molecular formula is C34H63N3O3. The molecule has 0 heterocycles. The quantitative estimate of drug-likeness (QED) is 0.161. The van der Waals surface area contributed by atoms with Crippen molar-refractivity contribution in [1.29, 1.82) is 0 Å². The Morgan fingerprint density at radius 1 is 0.900 bits per heavy atom. The monoisotopic (exact) mass is 561 g/mol. The third kappa shape index (κ3) is 6.92. The van der Waals surface area contributed by atoms with E-state index in [9.17, 15) is 15.0 Å². The van der Waals surface area contributed by atoms with Crippen LogP contribution < -0.4 is 16.4 Å². The molecular weight excluding hydrogens is 498 g/mol. The summed E-state index contributed by atoms with van der Waals surface area (Å²) in [6, 6.07) is 0.605. The average Bonchev–Trinajstić information content (AvgIpc) is 3.27. The minimum absolute atomic E-state index is 0.144. The number of carboxylic acid groups (broad SMARTS) is 1. The van der Waals surface area contributed by atoms with Gasteiger partial charge in [0.25, 0.3) is 0 Å². The molecule has 0 aromatic rings. The molecule has 0 amide bonds. The number of aliphatic hydroxyl groups excluding tert-OH is 1. The molecule has 0 aliphatic heterocycles. The minimum Gasteiger partial charge on any atom is -0.481 e. The smallest absolute Gasteiger partial charge is 0.306 e. The molecule has 4 rings (SSSR count). The van der Waals surface area contributed by atoms with Crippen LogP contribution in [-0.4, -0.2) is 54.5 Å². The van der Waals surface area contributed by atoms with Crippen molar-refractivity contribution < 1.29 is 15.0 Å². The zero-order valence-electron chi connectivity index (χ0n) is 26.3. The van der Waals surface area contributed by atoms with Crippen LogP contribution in [-0.2, 0) is 4.79 Å². The second-order valence-electron chi connectivity index (χ2n) is 15.2. The summed E-state index contributed by atoms with van der Waals surface area (Å²) in [6.45, 7) is 13.5. The number of carboxylic acids is 1. The Balaban J connectivity index is 1.29. The van der Waals surface area contributed by atoms with Crippen molar-refractivity contribution in [2.75, 3.05) is 26.2 Å². The lowest BCUT2D eigenvalue weighted by molar-refractivity contribution is -0.167. The Morgan fingerprint density at radius 2 is 1.62 bits per heavy atom. The molecule has 0 saturated heterocycles. The molecule has 6 N–H and O–H groups in total. The van der Waals surface area contributed by atoms with Gasteiger partial charge in [0.05, 0.1) is 12.0 Å². The molecule has 0 spiro atoms. The van der Waals surface area contributed by atoms with E-state index in [-0.39, 0.29) is 12.0 Å². The highest BCUT2D eigenvalue weighted by Crippen LogP contribution is 2.68. The normalized spacial score (nSPS) is 40.6. The van der Waals surface area contributed by atoms with E-state index in [1.54, 1.807) is 0 Å². The molecule has 232 valence electrons. The molecule has 4 aliphatic carbocycles. The fraction of sp³-hybridized carbons (Fsp3) is 0.971. The van der Waals surface area contributed by atoms with Crippen molar-refractivity contribution in [3.8, 4) is 0 Å². The second-order valence-corrected chi connectivity index (χ2v) is 15.2. The van der Waals surface area contributed by atoms with E-state index in [1.165, 1.54) is 57.8 Å². The Morgan fingerprint density at radius 3 is 2.38 bits per heavy atom.